The van der Waals surface area contributed by atoms with Crippen LogP contribution in [0.25, 0.3) is 11.1 Å². The van der Waals surface area contributed by atoms with Gasteiger partial charge in [-0.3, -0.25) is 9.59 Å². The fourth-order valence-corrected chi connectivity index (χ4v) is 4.78. The number of nitrogens with one attached hydrogen (secondary N) is 1. The highest BCUT2D eigenvalue weighted by atomic mass is 16.2. The van der Waals surface area contributed by atoms with Crippen molar-refractivity contribution in [2.24, 2.45) is 11.8 Å². The first-order valence-corrected chi connectivity index (χ1v) is 9.38. The van der Waals surface area contributed by atoms with Crippen LogP contribution >= 0.6 is 0 Å². The van der Waals surface area contributed by atoms with Crippen molar-refractivity contribution in [3.8, 4) is 11.1 Å². The molecule has 2 aliphatic rings. The number of hydrogen-bond donors (Lipinski definition) is 1. The Bertz CT molecular complexity index is 902. The Labute approximate surface area is 154 Å². The summed E-state index contributed by atoms with van der Waals surface area (Å²) in [7, 11) is 0. The van der Waals surface area contributed by atoms with Crippen molar-refractivity contribution in [3.05, 3.63) is 59.2 Å². The highest BCUT2D eigenvalue weighted by Crippen LogP contribution is 2.50. The van der Waals surface area contributed by atoms with Gasteiger partial charge in [-0.15, -0.1) is 0 Å². The van der Waals surface area contributed by atoms with Crippen molar-refractivity contribution < 1.29 is 9.59 Å². The minimum Gasteiger partial charge on any atom is -0.342 e. The van der Waals surface area contributed by atoms with Crippen LogP contribution in [0.15, 0.2) is 42.5 Å². The van der Waals surface area contributed by atoms with E-state index < -0.39 is 11.5 Å². The van der Waals surface area contributed by atoms with Gasteiger partial charge in [0.2, 0.25) is 5.91 Å². The maximum Gasteiger partial charge on any atom is 0.235 e. The van der Waals surface area contributed by atoms with E-state index in [9.17, 15) is 9.59 Å². The van der Waals surface area contributed by atoms with Crippen LogP contribution in [0, 0.1) is 25.7 Å². The van der Waals surface area contributed by atoms with Gasteiger partial charge in [-0.25, -0.2) is 0 Å². The van der Waals surface area contributed by atoms with Gasteiger partial charge in [-0.1, -0.05) is 56.3 Å². The van der Waals surface area contributed by atoms with Gasteiger partial charge in [0.05, 0.1) is 0 Å². The van der Waals surface area contributed by atoms with E-state index in [0.29, 0.717) is 5.92 Å². The van der Waals surface area contributed by atoms with E-state index in [1.165, 1.54) is 0 Å². The van der Waals surface area contributed by atoms with E-state index in [1.54, 1.807) is 0 Å². The standard InChI is InChI=1S/C23H25NO2/c1-13-11-19(14(2)10-18(13)17-8-6-5-7-9-17)20-21(25)23(24-22(20)26)12-15(3)16(23)4/h5-11,15-16,20H,12H2,1-4H3,(H,24,26). The molecule has 3 nitrogen and oxygen atoms in total. The number of benzene rings is 2. The molecular formula is C23H25NO2. The van der Waals surface area contributed by atoms with Gasteiger partial charge in [0.25, 0.3) is 0 Å². The quantitative estimate of drug-likeness (QED) is 0.829. The largest absolute Gasteiger partial charge is 0.342 e. The molecule has 1 N–H and O–H groups in total. The van der Waals surface area contributed by atoms with Crippen LogP contribution in [0.4, 0.5) is 0 Å². The van der Waals surface area contributed by atoms with Gasteiger partial charge < -0.3 is 5.32 Å². The summed E-state index contributed by atoms with van der Waals surface area (Å²) in [5.41, 5.74) is 4.61. The Hall–Kier alpha value is -2.42. The number of rotatable bonds is 2. The first-order valence-electron chi connectivity index (χ1n) is 9.38. The molecule has 2 aromatic rings. The topological polar surface area (TPSA) is 46.2 Å². The molecular weight excluding hydrogens is 322 g/mol. The Kier molecular flexibility index (Phi) is 3.80. The Morgan fingerprint density at radius 1 is 1.00 bits per heavy atom. The molecule has 1 aliphatic heterocycles. The van der Waals surface area contributed by atoms with Crippen LogP contribution in [0.5, 0.6) is 0 Å². The summed E-state index contributed by atoms with van der Waals surface area (Å²) in [6, 6.07) is 14.4. The number of Topliss-reactive ketones (excluding diaryl/α,β-unsaturated/α-hetero) is 1. The predicted molar refractivity (Wildman–Crippen MR) is 103 cm³/mol. The maximum atomic E-state index is 13.2. The summed E-state index contributed by atoms with van der Waals surface area (Å²) >= 11 is 0. The maximum absolute atomic E-state index is 13.2. The summed E-state index contributed by atoms with van der Waals surface area (Å²) in [5, 5.41) is 3.05. The van der Waals surface area contributed by atoms with Crippen LogP contribution in [0.3, 0.4) is 0 Å². The van der Waals surface area contributed by atoms with E-state index in [4.69, 9.17) is 0 Å². The van der Waals surface area contributed by atoms with E-state index >= 15 is 0 Å². The van der Waals surface area contributed by atoms with Gasteiger partial charge in [0.15, 0.2) is 5.78 Å². The molecule has 2 aromatic carbocycles. The number of hydrogen-bond acceptors (Lipinski definition) is 2. The normalized spacial score (nSPS) is 30.4. The summed E-state index contributed by atoms with van der Waals surface area (Å²) in [6.07, 6.45) is 0.759. The predicted octanol–water partition coefficient (Wildman–Crippen LogP) is 4.17. The number of amides is 1. The average Bonchev–Trinajstić information content (AvgIpc) is 2.89. The third kappa shape index (κ3) is 2.26. The van der Waals surface area contributed by atoms with Gasteiger partial charge in [0.1, 0.15) is 11.5 Å². The third-order valence-corrected chi connectivity index (χ3v) is 6.59. The molecule has 0 bridgehead atoms. The van der Waals surface area contributed by atoms with Gasteiger partial charge in [-0.2, -0.15) is 0 Å². The SMILES string of the molecule is Cc1cc(C2C(=O)NC3(CC(C)C3C)C2=O)c(C)cc1-c1ccccc1. The van der Waals surface area contributed by atoms with Crippen LogP contribution in [0.1, 0.15) is 42.9 Å². The van der Waals surface area contributed by atoms with Gasteiger partial charge in [-0.05, 0) is 59.9 Å². The summed E-state index contributed by atoms with van der Waals surface area (Å²) < 4.78 is 0. The van der Waals surface area contributed by atoms with Crippen LogP contribution in [0.2, 0.25) is 0 Å². The molecule has 3 heteroatoms. The van der Waals surface area contributed by atoms with Crippen molar-refractivity contribution in [2.45, 2.75) is 45.6 Å². The van der Waals surface area contributed by atoms with Gasteiger partial charge in [0, 0.05) is 0 Å². The second-order valence-electron chi connectivity index (χ2n) is 8.12. The third-order valence-electron chi connectivity index (χ3n) is 6.59. The van der Waals surface area contributed by atoms with E-state index in [1.807, 2.05) is 38.1 Å². The second kappa shape index (κ2) is 5.80. The van der Waals surface area contributed by atoms with Crippen molar-refractivity contribution in [3.63, 3.8) is 0 Å². The fourth-order valence-electron chi connectivity index (χ4n) is 4.78. The summed E-state index contributed by atoms with van der Waals surface area (Å²) in [4.78, 5) is 25.9. The number of carbonyl (C=O) groups is 2. The lowest BCUT2D eigenvalue weighted by Crippen LogP contribution is -2.62. The molecule has 0 aromatic heterocycles. The van der Waals surface area contributed by atoms with E-state index in [0.717, 1.165) is 34.2 Å². The zero-order valence-corrected chi connectivity index (χ0v) is 15.8. The zero-order chi connectivity index (χ0) is 18.6. The molecule has 0 radical (unpaired) electrons. The molecule has 1 aliphatic carbocycles. The average molecular weight is 347 g/mol. The smallest absolute Gasteiger partial charge is 0.235 e. The van der Waals surface area contributed by atoms with Crippen LogP contribution in [-0.2, 0) is 9.59 Å². The zero-order valence-electron chi connectivity index (χ0n) is 15.8. The molecule has 1 saturated carbocycles. The van der Waals surface area contributed by atoms with Crippen molar-refractivity contribution in [2.75, 3.05) is 0 Å². The van der Waals surface area contributed by atoms with Gasteiger partial charge >= 0.3 is 0 Å². The van der Waals surface area contributed by atoms with Crippen molar-refractivity contribution in [1.82, 2.24) is 5.32 Å². The summed E-state index contributed by atoms with van der Waals surface area (Å²) in [5.74, 6) is -0.0736. The number of ketones is 1. The minimum absolute atomic E-state index is 0.0584. The minimum atomic E-state index is -0.673. The summed E-state index contributed by atoms with van der Waals surface area (Å²) in [6.45, 7) is 8.27. The van der Waals surface area contributed by atoms with Crippen molar-refractivity contribution >= 4 is 11.7 Å². The lowest BCUT2D eigenvalue weighted by atomic mass is 9.58. The second-order valence-corrected chi connectivity index (χ2v) is 8.12. The highest BCUT2D eigenvalue weighted by Gasteiger charge is 2.62. The molecule has 1 heterocycles. The fraction of sp³-hybridized carbons (Fsp3) is 0.391. The molecule has 26 heavy (non-hydrogen) atoms. The first kappa shape index (κ1) is 17.0. The molecule has 4 atom stereocenters. The molecule has 134 valence electrons. The van der Waals surface area contributed by atoms with Crippen molar-refractivity contribution in [1.29, 1.82) is 0 Å². The highest BCUT2D eigenvalue weighted by molar-refractivity contribution is 6.18. The number of carbonyl (C=O) groups excluding carboxylic acids is 2. The Morgan fingerprint density at radius 2 is 1.69 bits per heavy atom. The Morgan fingerprint density at radius 3 is 2.31 bits per heavy atom. The van der Waals surface area contributed by atoms with Crippen LogP contribution in [-0.4, -0.2) is 17.2 Å². The number of aryl methyl sites for hydroxylation is 2. The van der Waals surface area contributed by atoms with Crippen LogP contribution < -0.4 is 5.32 Å². The lowest BCUT2D eigenvalue weighted by molar-refractivity contribution is -0.132. The molecule has 4 rings (SSSR count). The Balaban J connectivity index is 1.74. The molecule has 1 amide bonds. The molecule has 1 saturated heterocycles. The molecule has 2 fully saturated rings. The molecule has 4 unspecified atom stereocenters. The van der Waals surface area contributed by atoms with E-state index in [-0.39, 0.29) is 17.6 Å². The lowest BCUT2D eigenvalue weighted by Gasteiger charge is -2.49. The molecule has 1 spiro atoms. The first-order chi connectivity index (χ1) is 12.3. The van der Waals surface area contributed by atoms with E-state index in [2.05, 4.69) is 37.4 Å². The monoisotopic (exact) mass is 347 g/mol.